The second-order valence-corrected chi connectivity index (χ2v) is 5.27. The number of hydrogen-bond acceptors (Lipinski definition) is 4. The van der Waals surface area contributed by atoms with Crippen molar-refractivity contribution >= 4 is 16.7 Å². The van der Waals surface area contributed by atoms with Crippen LogP contribution in [-0.2, 0) is 7.05 Å². The molecular weight excluding hydrogens is 274 g/mol. The van der Waals surface area contributed by atoms with Crippen LogP contribution < -0.4 is 4.90 Å². The van der Waals surface area contributed by atoms with Gasteiger partial charge in [0.05, 0.1) is 17.9 Å². The van der Waals surface area contributed by atoms with Crippen LogP contribution in [0.3, 0.4) is 0 Å². The molecule has 0 aliphatic heterocycles. The Kier molecular flexibility index (Phi) is 3.63. The Morgan fingerprint density at radius 3 is 2.73 bits per heavy atom. The van der Waals surface area contributed by atoms with Gasteiger partial charge in [-0.15, -0.1) is 0 Å². The van der Waals surface area contributed by atoms with E-state index in [1.165, 1.54) is 0 Å². The number of nitrogens with zero attached hydrogens (tertiary/aromatic N) is 5. The van der Waals surface area contributed by atoms with Crippen LogP contribution in [-0.4, -0.2) is 26.8 Å². The first kappa shape index (κ1) is 14.3. The summed E-state index contributed by atoms with van der Waals surface area (Å²) in [5, 5.41) is 5.38. The Morgan fingerprint density at radius 1 is 1.23 bits per heavy atom. The third-order valence-electron chi connectivity index (χ3n) is 3.96. The molecule has 0 saturated heterocycles. The molecule has 0 atom stereocenters. The van der Waals surface area contributed by atoms with Crippen molar-refractivity contribution in [1.82, 2.24) is 19.7 Å². The molecule has 0 N–H and O–H groups in total. The molecule has 5 heteroatoms. The van der Waals surface area contributed by atoms with Crippen molar-refractivity contribution in [1.29, 1.82) is 0 Å². The predicted molar refractivity (Wildman–Crippen MR) is 89.6 cm³/mol. The second kappa shape index (κ2) is 5.60. The summed E-state index contributed by atoms with van der Waals surface area (Å²) in [4.78, 5) is 10.9. The van der Waals surface area contributed by atoms with Gasteiger partial charge in [-0.2, -0.15) is 5.10 Å². The molecule has 3 aromatic heterocycles. The van der Waals surface area contributed by atoms with Gasteiger partial charge in [0.25, 0.3) is 0 Å². The van der Waals surface area contributed by atoms with E-state index in [1.54, 1.807) is 0 Å². The normalized spacial score (nSPS) is 10.9. The van der Waals surface area contributed by atoms with Gasteiger partial charge in [0, 0.05) is 48.7 Å². The molecule has 0 radical (unpaired) electrons. The summed E-state index contributed by atoms with van der Waals surface area (Å²) in [6.07, 6.45) is 8.32. The van der Waals surface area contributed by atoms with Gasteiger partial charge >= 0.3 is 0 Å². The van der Waals surface area contributed by atoms with Gasteiger partial charge in [0.2, 0.25) is 0 Å². The highest BCUT2D eigenvalue weighted by Crippen LogP contribution is 2.28. The number of pyridine rings is 2. The fourth-order valence-corrected chi connectivity index (χ4v) is 2.43. The van der Waals surface area contributed by atoms with Gasteiger partial charge in [-0.1, -0.05) is 13.5 Å². The number of hydrogen-bond donors (Lipinski definition) is 0. The Balaban J connectivity index is 2.00. The number of allylic oxidation sites excluding steroid dienone is 1. The molecule has 0 spiro atoms. The summed E-state index contributed by atoms with van der Waals surface area (Å²) in [6, 6.07) is 4.07. The fourth-order valence-electron chi connectivity index (χ4n) is 2.43. The molecule has 0 amide bonds. The van der Waals surface area contributed by atoms with Crippen molar-refractivity contribution in [2.24, 2.45) is 7.05 Å². The monoisotopic (exact) mass is 293 g/mol. The number of rotatable bonds is 4. The minimum Gasteiger partial charge on any atom is -0.334 e. The van der Waals surface area contributed by atoms with E-state index in [-0.39, 0.29) is 0 Å². The highest BCUT2D eigenvalue weighted by molar-refractivity contribution is 5.93. The quantitative estimate of drug-likeness (QED) is 0.739. The summed E-state index contributed by atoms with van der Waals surface area (Å²) < 4.78 is 1.83. The number of anilines is 1. The van der Waals surface area contributed by atoms with Gasteiger partial charge < -0.3 is 4.90 Å². The third-order valence-corrected chi connectivity index (χ3v) is 3.96. The Labute approximate surface area is 129 Å². The van der Waals surface area contributed by atoms with Crippen LogP contribution in [0, 0.1) is 0 Å². The Bertz CT molecular complexity index is 817. The van der Waals surface area contributed by atoms with Crippen LogP contribution in [0.15, 0.2) is 49.2 Å². The molecule has 0 unspecified atom stereocenters. The number of fused-ring (bicyclic) bond motifs is 1. The Hall–Kier alpha value is -2.69. The van der Waals surface area contributed by atoms with Crippen molar-refractivity contribution in [2.45, 2.75) is 13.3 Å². The first-order chi connectivity index (χ1) is 10.6. The zero-order valence-corrected chi connectivity index (χ0v) is 13.1. The van der Waals surface area contributed by atoms with Crippen molar-refractivity contribution in [3.05, 3.63) is 49.2 Å². The highest BCUT2D eigenvalue weighted by atomic mass is 15.2. The maximum atomic E-state index is 4.55. The molecule has 0 saturated carbocycles. The minimum atomic E-state index is 0.891. The van der Waals surface area contributed by atoms with Gasteiger partial charge in [0.15, 0.2) is 0 Å². The molecule has 3 aromatic rings. The van der Waals surface area contributed by atoms with Crippen molar-refractivity contribution in [3.8, 4) is 11.1 Å². The lowest BCUT2D eigenvalue weighted by molar-refractivity contribution is 0.795. The zero-order chi connectivity index (χ0) is 15.7. The van der Waals surface area contributed by atoms with Crippen molar-refractivity contribution in [3.63, 3.8) is 0 Å². The molecule has 3 heterocycles. The van der Waals surface area contributed by atoms with E-state index in [1.807, 2.05) is 54.5 Å². The van der Waals surface area contributed by atoms with Crippen molar-refractivity contribution in [2.75, 3.05) is 11.9 Å². The van der Waals surface area contributed by atoms with Gasteiger partial charge in [-0.3, -0.25) is 9.67 Å². The first-order valence-corrected chi connectivity index (χ1v) is 7.25. The van der Waals surface area contributed by atoms with Crippen LogP contribution in [0.4, 0.5) is 5.82 Å². The SMILES string of the molecule is C=C(CC)N(C)c1ccc(-c2cncc3c2cnn3C)cn1. The van der Waals surface area contributed by atoms with Gasteiger partial charge in [-0.05, 0) is 18.6 Å². The summed E-state index contributed by atoms with van der Waals surface area (Å²) >= 11 is 0. The lowest BCUT2D eigenvalue weighted by atomic mass is 10.1. The van der Waals surface area contributed by atoms with Gasteiger partial charge in [-0.25, -0.2) is 4.98 Å². The molecule has 112 valence electrons. The summed E-state index contributed by atoms with van der Waals surface area (Å²) in [6.45, 7) is 6.12. The predicted octanol–water partition coefficient (Wildman–Crippen LogP) is 3.39. The van der Waals surface area contributed by atoms with E-state index in [4.69, 9.17) is 0 Å². The lowest BCUT2D eigenvalue weighted by Gasteiger charge is -2.19. The fraction of sp³-hybridized carbons (Fsp3) is 0.235. The zero-order valence-electron chi connectivity index (χ0n) is 13.1. The maximum Gasteiger partial charge on any atom is 0.132 e. The summed E-state index contributed by atoms with van der Waals surface area (Å²) in [7, 11) is 3.90. The lowest BCUT2D eigenvalue weighted by Crippen LogP contribution is -2.16. The molecule has 0 aliphatic carbocycles. The summed E-state index contributed by atoms with van der Waals surface area (Å²) in [5.74, 6) is 0.891. The first-order valence-electron chi connectivity index (χ1n) is 7.25. The average Bonchev–Trinajstić information content (AvgIpc) is 2.95. The van der Waals surface area contributed by atoms with Crippen LogP contribution in [0.2, 0.25) is 0 Å². The molecule has 0 aliphatic rings. The topological polar surface area (TPSA) is 46.8 Å². The van der Waals surface area contributed by atoms with E-state index in [2.05, 4.69) is 34.6 Å². The van der Waals surface area contributed by atoms with Crippen LogP contribution >= 0.6 is 0 Å². The van der Waals surface area contributed by atoms with E-state index >= 15 is 0 Å². The number of aromatic nitrogens is 4. The molecule has 5 nitrogen and oxygen atoms in total. The molecule has 0 bridgehead atoms. The van der Waals surface area contributed by atoms with Crippen LogP contribution in [0.5, 0.6) is 0 Å². The van der Waals surface area contributed by atoms with Crippen LogP contribution in [0.25, 0.3) is 22.0 Å². The average molecular weight is 293 g/mol. The van der Waals surface area contributed by atoms with Gasteiger partial charge in [0.1, 0.15) is 5.82 Å². The van der Waals surface area contributed by atoms with E-state index in [0.717, 1.165) is 40.0 Å². The maximum absolute atomic E-state index is 4.55. The van der Waals surface area contributed by atoms with Crippen LogP contribution in [0.1, 0.15) is 13.3 Å². The second-order valence-electron chi connectivity index (χ2n) is 5.27. The van der Waals surface area contributed by atoms with E-state index < -0.39 is 0 Å². The smallest absolute Gasteiger partial charge is 0.132 e. The third kappa shape index (κ3) is 2.35. The standard InChI is InChI=1S/C17H19N5/c1-5-12(2)21(3)17-7-6-13(8-19-17)14-9-18-11-16-15(14)10-20-22(16)4/h6-11H,2,5H2,1,3-4H3. The molecule has 0 fully saturated rings. The largest absolute Gasteiger partial charge is 0.334 e. The van der Waals surface area contributed by atoms with E-state index in [9.17, 15) is 0 Å². The molecule has 22 heavy (non-hydrogen) atoms. The summed E-state index contributed by atoms with van der Waals surface area (Å²) in [5.41, 5.74) is 4.13. The van der Waals surface area contributed by atoms with Crippen molar-refractivity contribution < 1.29 is 0 Å². The molecule has 3 rings (SSSR count). The minimum absolute atomic E-state index is 0.891. The van der Waals surface area contributed by atoms with E-state index in [0.29, 0.717) is 0 Å². The Morgan fingerprint density at radius 2 is 2.05 bits per heavy atom. The number of aryl methyl sites for hydroxylation is 1. The molecular formula is C17H19N5. The molecule has 0 aromatic carbocycles. The highest BCUT2D eigenvalue weighted by Gasteiger charge is 2.10.